The lowest BCUT2D eigenvalue weighted by Gasteiger charge is -2.09. The van der Waals surface area contributed by atoms with E-state index < -0.39 is 0 Å². The Morgan fingerprint density at radius 2 is 0.909 bits per heavy atom. The summed E-state index contributed by atoms with van der Waals surface area (Å²) >= 11 is 7.12. The van der Waals surface area contributed by atoms with E-state index in [1.165, 1.54) is 43.4 Å². The van der Waals surface area contributed by atoms with Gasteiger partial charge in [-0.2, -0.15) is 0 Å². The van der Waals surface area contributed by atoms with Crippen molar-refractivity contribution in [2.45, 2.75) is 10.7 Å². The Hall–Kier alpha value is -1.38. The Bertz CT molecular complexity index is 919. The molecule has 0 aliphatic carbocycles. The fourth-order valence-electron chi connectivity index (χ4n) is 3.13. The van der Waals surface area contributed by atoms with Crippen molar-refractivity contribution in [3.05, 3.63) is 71.8 Å². The van der Waals surface area contributed by atoms with Gasteiger partial charge in [0.15, 0.2) is 0 Å². The predicted molar refractivity (Wildman–Crippen MR) is 104 cm³/mol. The first-order valence-electron chi connectivity index (χ1n) is 7.29. The molecule has 4 rings (SSSR count). The van der Waals surface area contributed by atoms with Crippen molar-refractivity contribution >= 4 is 64.2 Å². The van der Waals surface area contributed by atoms with Gasteiger partial charge in [0.05, 0.1) is 0 Å². The van der Waals surface area contributed by atoms with E-state index in [9.17, 15) is 0 Å². The van der Waals surface area contributed by atoms with Crippen molar-refractivity contribution < 1.29 is 0 Å². The van der Waals surface area contributed by atoms with Crippen LogP contribution in [0.25, 0.3) is 32.3 Å². The Morgan fingerprint density at radius 3 is 1.32 bits per heavy atom. The largest absolute Gasteiger partial charge is 0.0876 e. The molecule has 0 spiro atoms. The minimum absolute atomic E-state index is 0.890. The molecule has 0 nitrogen and oxygen atoms in total. The Balaban J connectivity index is 2.15. The molecule has 4 aromatic carbocycles. The lowest BCUT2D eigenvalue weighted by atomic mass is 9.95. The number of fused-ring (bicyclic) bond motifs is 5. The molecule has 0 radical (unpaired) electrons. The molecule has 0 saturated heterocycles. The summed E-state index contributed by atoms with van der Waals surface area (Å²) < 4.78 is 0. The first-order valence-corrected chi connectivity index (χ1v) is 9.53. The molecule has 0 amide bonds. The van der Waals surface area contributed by atoms with Crippen LogP contribution >= 0.6 is 31.9 Å². The molecule has 0 N–H and O–H groups in total. The van der Waals surface area contributed by atoms with Gasteiger partial charge in [-0.05, 0) is 55.6 Å². The fraction of sp³-hybridized carbons (Fsp3) is 0.100. The molecule has 0 aliphatic heterocycles. The summed E-state index contributed by atoms with van der Waals surface area (Å²) in [7, 11) is 0. The molecule has 0 aliphatic rings. The monoisotopic (exact) mass is 412 g/mol. The average Bonchev–Trinajstić information content (AvgIpc) is 2.60. The van der Waals surface area contributed by atoms with Crippen LogP contribution in [0.1, 0.15) is 11.1 Å². The molecular weight excluding hydrogens is 400 g/mol. The summed E-state index contributed by atoms with van der Waals surface area (Å²) in [4.78, 5) is 0. The third kappa shape index (κ3) is 2.26. The smallest absolute Gasteiger partial charge is 0.0283 e. The number of hydrogen-bond donors (Lipinski definition) is 0. The van der Waals surface area contributed by atoms with Gasteiger partial charge in [-0.1, -0.05) is 80.4 Å². The van der Waals surface area contributed by atoms with E-state index in [-0.39, 0.29) is 0 Å². The molecule has 0 aromatic heterocycles. The standard InChI is InChI=1S/C20H14Br2/c21-11-13-1-3-15-5-7-18-17(19(15)9-13)8-6-16-4-2-14(12-22)10-20(16)18/h1-10H,11-12H2. The number of alkyl halides is 2. The summed E-state index contributed by atoms with van der Waals surface area (Å²) in [5, 5.41) is 9.71. The number of rotatable bonds is 2. The zero-order chi connectivity index (χ0) is 15.1. The predicted octanol–water partition coefficient (Wildman–Crippen LogP) is 6.94. The SMILES string of the molecule is BrCc1ccc2ccc3c4cc(CBr)ccc4ccc3c2c1. The Kier molecular flexibility index (Phi) is 3.67. The maximum Gasteiger partial charge on any atom is 0.0283 e. The van der Waals surface area contributed by atoms with E-state index >= 15 is 0 Å². The lowest BCUT2D eigenvalue weighted by Crippen LogP contribution is -1.84. The van der Waals surface area contributed by atoms with Crippen molar-refractivity contribution in [1.29, 1.82) is 0 Å². The lowest BCUT2D eigenvalue weighted by molar-refractivity contribution is 1.47. The van der Waals surface area contributed by atoms with Crippen LogP contribution in [0.5, 0.6) is 0 Å². The van der Waals surface area contributed by atoms with Gasteiger partial charge >= 0.3 is 0 Å². The van der Waals surface area contributed by atoms with Crippen molar-refractivity contribution in [1.82, 2.24) is 0 Å². The minimum atomic E-state index is 0.890. The summed E-state index contributed by atoms with van der Waals surface area (Å²) in [6, 6.07) is 22.4. The number of halogens is 2. The highest BCUT2D eigenvalue weighted by Crippen LogP contribution is 2.32. The van der Waals surface area contributed by atoms with Gasteiger partial charge < -0.3 is 0 Å². The van der Waals surface area contributed by atoms with E-state index in [4.69, 9.17) is 0 Å². The van der Waals surface area contributed by atoms with Crippen LogP contribution in [0.2, 0.25) is 0 Å². The van der Waals surface area contributed by atoms with Gasteiger partial charge in [0, 0.05) is 10.7 Å². The number of hydrogen-bond acceptors (Lipinski definition) is 0. The quantitative estimate of drug-likeness (QED) is 0.246. The Morgan fingerprint density at radius 1 is 0.500 bits per heavy atom. The van der Waals surface area contributed by atoms with Crippen LogP contribution in [0, 0.1) is 0 Å². The molecular formula is C20H14Br2. The molecule has 0 fully saturated rings. The normalized spacial score (nSPS) is 11.5. The van der Waals surface area contributed by atoms with E-state index in [0.717, 1.165) is 10.7 Å². The second kappa shape index (κ2) is 5.68. The van der Waals surface area contributed by atoms with Crippen LogP contribution in [-0.2, 0) is 10.7 Å². The third-order valence-electron chi connectivity index (χ3n) is 4.27. The highest BCUT2D eigenvalue weighted by atomic mass is 79.9. The highest BCUT2D eigenvalue weighted by Gasteiger charge is 2.06. The Labute approximate surface area is 146 Å². The van der Waals surface area contributed by atoms with Crippen LogP contribution in [0.15, 0.2) is 60.7 Å². The summed E-state index contributed by atoms with van der Waals surface area (Å²) in [6.45, 7) is 0. The van der Waals surface area contributed by atoms with Crippen LogP contribution in [0.3, 0.4) is 0 Å². The summed E-state index contributed by atoms with van der Waals surface area (Å²) in [6.07, 6.45) is 0. The van der Waals surface area contributed by atoms with Crippen molar-refractivity contribution in [2.24, 2.45) is 0 Å². The zero-order valence-electron chi connectivity index (χ0n) is 11.9. The van der Waals surface area contributed by atoms with Gasteiger partial charge in [0.25, 0.3) is 0 Å². The number of benzene rings is 4. The molecule has 4 aromatic rings. The van der Waals surface area contributed by atoms with E-state index in [1.807, 2.05) is 0 Å². The highest BCUT2D eigenvalue weighted by molar-refractivity contribution is 9.08. The van der Waals surface area contributed by atoms with Gasteiger partial charge in [0.1, 0.15) is 0 Å². The van der Waals surface area contributed by atoms with Gasteiger partial charge in [-0.3, -0.25) is 0 Å². The van der Waals surface area contributed by atoms with Gasteiger partial charge in [-0.15, -0.1) is 0 Å². The fourth-order valence-corrected chi connectivity index (χ4v) is 3.82. The van der Waals surface area contributed by atoms with E-state index in [0.29, 0.717) is 0 Å². The van der Waals surface area contributed by atoms with Crippen LogP contribution in [-0.4, -0.2) is 0 Å². The topological polar surface area (TPSA) is 0 Å². The van der Waals surface area contributed by atoms with Gasteiger partial charge in [-0.25, -0.2) is 0 Å². The minimum Gasteiger partial charge on any atom is -0.0876 e. The molecule has 0 unspecified atom stereocenters. The van der Waals surface area contributed by atoms with E-state index in [2.05, 4.69) is 92.5 Å². The second-order valence-corrected chi connectivity index (χ2v) is 6.73. The molecule has 108 valence electrons. The molecule has 0 saturated carbocycles. The van der Waals surface area contributed by atoms with Crippen LogP contribution < -0.4 is 0 Å². The third-order valence-corrected chi connectivity index (χ3v) is 5.57. The second-order valence-electron chi connectivity index (χ2n) is 5.60. The first kappa shape index (κ1) is 14.2. The summed E-state index contributed by atoms with van der Waals surface area (Å²) in [5.41, 5.74) is 2.63. The average molecular weight is 414 g/mol. The molecule has 0 atom stereocenters. The van der Waals surface area contributed by atoms with Gasteiger partial charge in [0.2, 0.25) is 0 Å². The van der Waals surface area contributed by atoms with Crippen molar-refractivity contribution in [2.75, 3.05) is 0 Å². The maximum atomic E-state index is 3.56. The molecule has 2 heteroatoms. The van der Waals surface area contributed by atoms with Crippen LogP contribution in [0.4, 0.5) is 0 Å². The van der Waals surface area contributed by atoms with E-state index in [1.54, 1.807) is 0 Å². The van der Waals surface area contributed by atoms with Crippen molar-refractivity contribution in [3.8, 4) is 0 Å². The first-order chi connectivity index (χ1) is 10.8. The summed E-state index contributed by atoms with van der Waals surface area (Å²) in [5.74, 6) is 0. The molecule has 0 heterocycles. The zero-order valence-corrected chi connectivity index (χ0v) is 15.1. The maximum absolute atomic E-state index is 3.56. The van der Waals surface area contributed by atoms with Crippen molar-refractivity contribution in [3.63, 3.8) is 0 Å². The molecule has 0 bridgehead atoms. The molecule has 22 heavy (non-hydrogen) atoms.